The first kappa shape index (κ1) is 13.7. The molecule has 0 aliphatic carbocycles. The summed E-state index contributed by atoms with van der Waals surface area (Å²) in [6.07, 6.45) is 1.92. The Hall–Kier alpha value is -1.72. The van der Waals surface area contributed by atoms with Crippen molar-refractivity contribution in [3.8, 4) is 0 Å². The zero-order valence-electron chi connectivity index (χ0n) is 10.1. The SMILES string of the molecule is CSc1ccc([N+](=O)[O-])c(Nc2cccc(Cl)c2)c1. The minimum absolute atomic E-state index is 0.0396. The molecule has 0 amide bonds. The number of nitro groups is 1. The Labute approximate surface area is 119 Å². The highest BCUT2D eigenvalue weighted by atomic mass is 35.5. The Morgan fingerprint density at radius 2 is 2.05 bits per heavy atom. The van der Waals surface area contributed by atoms with Gasteiger partial charge in [0.1, 0.15) is 5.69 Å². The minimum atomic E-state index is -0.406. The highest BCUT2D eigenvalue weighted by Crippen LogP contribution is 2.32. The molecule has 4 nitrogen and oxygen atoms in total. The van der Waals surface area contributed by atoms with Gasteiger partial charge in [0.25, 0.3) is 5.69 Å². The third kappa shape index (κ3) is 3.39. The fourth-order valence-electron chi connectivity index (χ4n) is 1.62. The average Bonchev–Trinajstić information content (AvgIpc) is 2.38. The van der Waals surface area contributed by atoms with Gasteiger partial charge in [0.05, 0.1) is 4.92 Å². The summed E-state index contributed by atoms with van der Waals surface area (Å²) in [6, 6.07) is 12.0. The van der Waals surface area contributed by atoms with Gasteiger partial charge in [-0.1, -0.05) is 17.7 Å². The summed E-state index contributed by atoms with van der Waals surface area (Å²) in [5.74, 6) is 0. The van der Waals surface area contributed by atoms with E-state index in [-0.39, 0.29) is 5.69 Å². The molecule has 0 aliphatic heterocycles. The van der Waals surface area contributed by atoms with Crippen molar-refractivity contribution in [2.75, 3.05) is 11.6 Å². The summed E-state index contributed by atoms with van der Waals surface area (Å²) in [4.78, 5) is 11.6. The van der Waals surface area contributed by atoms with Crippen molar-refractivity contribution >= 4 is 40.4 Å². The van der Waals surface area contributed by atoms with Crippen molar-refractivity contribution in [3.05, 3.63) is 57.6 Å². The van der Waals surface area contributed by atoms with Crippen LogP contribution in [0.15, 0.2) is 47.4 Å². The van der Waals surface area contributed by atoms with Crippen LogP contribution in [0.25, 0.3) is 0 Å². The van der Waals surface area contributed by atoms with Crippen LogP contribution in [0, 0.1) is 10.1 Å². The van der Waals surface area contributed by atoms with Crippen LogP contribution in [0.2, 0.25) is 5.02 Å². The van der Waals surface area contributed by atoms with Gasteiger partial charge in [-0.05, 0) is 36.6 Å². The molecule has 0 aliphatic rings. The fraction of sp³-hybridized carbons (Fsp3) is 0.0769. The van der Waals surface area contributed by atoms with Crippen molar-refractivity contribution in [2.24, 2.45) is 0 Å². The van der Waals surface area contributed by atoms with Gasteiger partial charge in [0, 0.05) is 21.7 Å². The Morgan fingerprint density at radius 1 is 1.26 bits per heavy atom. The normalized spacial score (nSPS) is 10.2. The summed E-state index contributed by atoms with van der Waals surface area (Å²) < 4.78 is 0. The van der Waals surface area contributed by atoms with Gasteiger partial charge in [0.15, 0.2) is 0 Å². The predicted molar refractivity (Wildman–Crippen MR) is 79.6 cm³/mol. The van der Waals surface area contributed by atoms with Crippen molar-refractivity contribution in [1.82, 2.24) is 0 Å². The fourth-order valence-corrected chi connectivity index (χ4v) is 2.25. The van der Waals surface area contributed by atoms with Crippen LogP contribution in [0.3, 0.4) is 0 Å². The smallest absolute Gasteiger partial charge is 0.292 e. The molecule has 0 atom stereocenters. The van der Waals surface area contributed by atoms with Gasteiger partial charge >= 0.3 is 0 Å². The number of hydrogen-bond donors (Lipinski definition) is 1. The molecule has 0 spiro atoms. The zero-order valence-corrected chi connectivity index (χ0v) is 11.7. The van der Waals surface area contributed by atoms with Crippen LogP contribution in [0.4, 0.5) is 17.1 Å². The lowest BCUT2D eigenvalue weighted by Crippen LogP contribution is -1.97. The maximum Gasteiger partial charge on any atom is 0.292 e. The number of nitrogens with one attached hydrogen (secondary N) is 1. The molecule has 0 bridgehead atoms. The van der Waals surface area contributed by atoms with Gasteiger partial charge in [-0.3, -0.25) is 10.1 Å². The Balaban J connectivity index is 2.39. The molecule has 0 radical (unpaired) electrons. The standard InChI is InChI=1S/C13H11ClN2O2S/c1-19-11-5-6-13(16(17)18)12(8-11)15-10-4-2-3-9(14)7-10/h2-8,15H,1H3. The van der Waals surface area contributed by atoms with E-state index in [4.69, 9.17) is 11.6 Å². The maximum atomic E-state index is 11.0. The number of rotatable bonds is 4. The lowest BCUT2D eigenvalue weighted by Gasteiger charge is -2.08. The Bertz CT molecular complexity index is 619. The van der Waals surface area contributed by atoms with Crippen LogP contribution in [-0.4, -0.2) is 11.2 Å². The molecule has 2 aromatic carbocycles. The summed E-state index contributed by atoms with van der Waals surface area (Å²) in [5.41, 5.74) is 1.21. The van der Waals surface area contributed by atoms with Gasteiger partial charge in [-0.2, -0.15) is 0 Å². The van der Waals surface area contributed by atoms with Gasteiger partial charge in [-0.15, -0.1) is 11.8 Å². The Kier molecular flexibility index (Phi) is 4.29. The molecule has 0 unspecified atom stereocenters. The van der Waals surface area contributed by atoms with Crippen LogP contribution in [0.5, 0.6) is 0 Å². The molecule has 19 heavy (non-hydrogen) atoms. The van der Waals surface area contributed by atoms with Crippen LogP contribution < -0.4 is 5.32 Å². The third-order valence-electron chi connectivity index (χ3n) is 2.50. The molecule has 0 heterocycles. The first-order chi connectivity index (χ1) is 9.10. The minimum Gasteiger partial charge on any atom is -0.350 e. The molecule has 0 fully saturated rings. The lowest BCUT2D eigenvalue weighted by atomic mass is 10.2. The zero-order chi connectivity index (χ0) is 13.8. The maximum absolute atomic E-state index is 11.0. The van der Waals surface area contributed by atoms with Crippen molar-refractivity contribution in [2.45, 2.75) is 4.90 Å². The lowest BCUT2D eigenvalue weighted by molar-refractivity contribution is -0.384. The highest BCUT2D eigenvalue weighted by Gasteiger charge is 2.14. The Morgan fingerprint density at radius 3 is 2.68 bits per heavy atom. The molecule has 0 aromatic heterocycles. The summed E-state index contributed by atoms with van der Waals surface area (Å²) in [7, 11) is 0. The summed E-state index contributed by atoms with van der Waals surface area (Å²) in [5, 5.41) is 14.6. The number of hydrogen-bond acceptors (Lipinski definition) is 4. The average molecular weight is 295 g/mol. The molecule has 0 saturated carbocycles. The number of nitro benzene ring substituents is 1. The van der Waals surface area contributed by atoms with Crippen molar-refractivity contribution < 1.29 is 4.92 Å². The van der Waals surface area contributed by atoms with Crippen molar-refractivity contribution in [3.63, 3.8) is 0 Å². The molecular formula is C13H11ClN2O2S. The molecule has 0 saturated heterocycles. The second kappa shape index (κ2) is 5.95. The largest absolute Gasteiger partial charge is 0.350 e. The van der Waals surface area contributed by atoms with E-state index < -0.39 is 4.92 Å². The second-order valence-electron chi connectivity index (χ2n) is 3.78. The van der Waals surface area contributed by atoms with E-state index in [0.717, 1.165) is 4.90 Å². The number of thioether (sulfide) groups is 1. The topological polar surface area (TPSA) is 55.2 Å². The van der Waals surface area contributed by atoms with Crippen LogP contribution in [0.1, 0.15) is 0 Å². The summed E-state index contributed by atoms with van der Waals surface area (Å²) >= 11 is 7.42. The molecule has 6 heteroatoms. The van der Waals surface area contributed by atoms with Gasteiger partial charge < -0.3 is 5.32 Å². The monoisotopic (exact) mass is 294 g/mol. The first-order valence-corrected chi connectivity index (χ1v) is 7.05. The molecule has 2 rings (SSSR count). The van der Waals surface area contributed by atoms with Crippen molar-refractivity contribution in [1.29, 1.82) is 0 Å². The number of nitrogens with zero attached hydrogens (tertiary/aromatic N) is 1. The number of anilines is 2. The second-order valence-corrected chi connectivity index (χ2v) is 5.09. The third-order valence-corrected chi connectivity index (χ3v) is 3.46. The van der Waals surface area contributed by atoms with E-state index in [1.165, 1.54) is 17.8 Å². The van der Waals surface area contributed by atoms with Crippen LogP contribution in [-0.2, 0) is 0 Å². The van der Waals surface area contributed by atoms with Gasteiger partial charge in [-0.25, -0.2) is 0 Å². The molecule has 98 valence electrons. The van der Waals surface area contributed by atoms with E-state index in [1.807, 2.05) is 6.26 Å². The van der Waals surface area contributed by atoms with E-state index in [1.54, 1.807) is 36.4 Å². The molecular weight excluding hydrogens is 284 g/mol. The quantitative estimate of drug-likeness (QED) is 0.504. The first-order valence-electron chi connectivity index (χ1n) is 5.45. The summed E-state index contributed by atoms with van der Waals surface area (Å²) in [6.45, 7) is 0. The molecule has 1 N–H and O–H groups in total. The highest BCUT2D eigenvalue weighted by molar-refractivity contribution is 7.98. The van der Waals surface area contributed by atoms with E-state index in [9.17, 15) is 10.1 Å². The van der Waals surface area contributed by atoms with Gasteiger partial charge in [0.2, 0.25) is 0 Å². The van der Waals surface area contributed by atoms with E-state index >= 15 is 0 Å². The predicted octanol–water partition coefficient (Wildman–Crippen LogP) is 4.71. The number of halogens is 1. The number of benzene rings is 2. The molecule has 2 aromatic rings. The van der Waals surface area contributed by atoms with E-state index in [2.05, 4.69) is 5.32 Å². The van der Waals surface area contributed by atoms with Crippen LogP contribution >= 0.6 is 23.4 Å². The van der Waals surface area contributed by atoms with E-state index in [0.29, 0.717) is 16.4 Å².